The van der Waals surface area contributed by atoms with Crippen molar-refractivity contribution in [3.05, 3.63) is 58.9 Å². The molecule has 3 aromatic rings. The van der Waals surface area contributed by atoms with Crippen molar-refractivity contribution < 1.29 is 13.2 Å². The van der Waals surface area contributed by atoms with Gasteiger partial charge in [-0.2, -0.15) is 0 Å². The van der Waals surface area contributed by atoms with Crippen LogP contribution in [0.25, 0.3) is 11.0 Å². The molecule has 8 heteroatoms. The Morgan fingerprint density at radius 1 is 1.23 bits per heavy atom. The zero-order valence-corrected chi connectivity index (χ0v) is 18.6. The van der Waals surface area contributed by atoms with Gasteiger partial charge in [0.05, 0.1) is 38.3 Å². The topological polar surface area (TPSA) is 72.3 Å². The van der Waals surface area contributed by atoms with Gasteiger partial charge in [-0.1, -0.05) is 30.7 Å². The van der Waals surface area contributed by atoms with Gasteiger partial charge in [0.2, 0.25) is 0 Å². The summed E-state index contributed by atoms with van der Waals surface area (Å²) < 4.78 is 26.7. The second-order valence-corrected chi connectivity index (χ2v) is 10.3. The Bertz CT molecular complexity index is 1220. The summed E-state index contributed by atoms with van der Waals surface area (Å²) in [6.07, 6.45) is 1.77. The number of nitrogens with zero attached hydrogens (tertiary/aromatic N) is 3. The van der Waals surface area contributed by atoms with Crippen molar-refractivity contribution in [3.63, 3.8) is 0 Å². The number of amides is 1. The van der Waals surface area contributed by atoms with Crippen molar-refractivity contribution >= 4 is 38.4 Å². The lowest BCUT2D eigenvalue weighted by Gasteiger charge is -2.26. The van der Waals surface area contributed by atoms with E-state index in [0.717, 1.165) is 29.7 Å². The third-order valence-corrected chi connectivity index (χ3v) is 7.85. The van der Waals surface area contributed by atoms with E-state index in [4.69, 9.17) is 11.6 Å². The number of carbonyl (C=O) groups is 1. The van der Waals surface area contributed by atoms with E-state index in [1.165, 1.54) is 18.2 Å². The molecule has 2 aromatic carbocycles. The number of hydrogen-bond donors (Lipinski definition) is 0. The van der Waals surface area contributed by atoms with Crippen molar-refractivity contribution in [2.75, 3.05) is 12.3 Å². The summed E-state index contributed by atoms with van der Waals surface area (Å²) in [7, 11) is -3.42. The lowest BCUT2D eigenvalue weighted by atomic mass is 10.1. The number of sulfone groups is 1. The first-order valence-electron chi connectivity index (χ1n) is 10.1. The molecule has 0 aliphatic carbocycles. The highest BCUT2D eigenvalue weighted by Gasteiger charge is 2.32. The fourth-order valence-electron chi connectivity index (χ4n) is 4.11. The minimum Gasteiger partial charge on any atom is -0.334 e. The monoisotopic (exact) mass is 445 g/mol. The van der Waals surface area contributed by atoms with Gasteiger partial charge in [0.1, 0.15) is 5.82 Å². The van der Waals surface area contributed by atoms with E-state index in [9.17, 15) is 13.2 Å². The number of aryl methyl sites for hydroxylation is 1. The average molecular weight is 446 g/mol. The summed E-state index contributed by atoms with van der Waals surface area (Å²) in [5, 5.41) is 0.268. The number of para-hydroxylation sites is 2. The number of rotatable bonds is 5. The first-order valence-corrected chi connectivity index (χ1v) is 12.1. The lowest BCUT2D eigenvalue weighted by Crippen LogP contribution is -2.38. The van der Waals surface area contributed by atoms with Gasteiger partial charge in [-0.15, -0.1) is 0 Å². The van der Waals surface area contributed by atoms with Gasteiger partial charge in [0.15, 0.2) is 9.84 Å². The minimum atomic E-state index is -3.42. The SMILES string of the molecule is CCS(=O)(=O)c1ccc(Cl)c(C(=O)N2CCCC2Cn2c(C)nc3ccccc32)c1. The summed E-state index contributed by atoms with van der Waals surface area (Å²) >= 11 is 6.30. The Kier molecular flexibility index (Phi) is 5.59. The van der Waals surface area contributed by atoms with E-state index in [1.807, 2.05) is 36.1 Å². The standard InChI is InChI=1S/C22H24ClN3O3S/c1-3-30(28,29)17-10-11-19(23)18(13-17)22(27)25-12-6-7-16(25)14-26-15(2)24-20-8-4-5-9-21(20)26/h4-5,8-11,13,16H,3,6-7,12,14H2,1-2H3. The second-order valence-electron chi connectivity index (χ2n) is 7.60. The molecule has 1 aromatic heterocycles. The third-order valence-electron chi connectivity index (χ3n) is 5.78. The van der Waals surface area contributed by atoms with Crippen LogP contribution in [0.4, 0.5) is 0 Å². The average Bonchev–Trinajstić information content (AvgIpc) is 3.32. The van der Waals surface area contributed by atoms with Gasteiger partial charge in [-0.25, -0.2) is 13.4 Å². The van der Waals surface area contributed by atoms with E-state index in [-0.39, 0.29) is 33.2 Å². The number of aromatic nitrogens is 2. The van der Waals surface area contributed by atoms with Crippen molar-refractivity contribution in [2.24, 2.45) is 0 Å². The van der Waals surface area contributed by atoms with Crippen LogP contribution < -0.4 is 0 Å². The molecule has 0 N–H and O–H groups in total. The number of hydrogen-bond acceptors (Lipinski definition) is 4. The zero-order chi connectivity index (χ0) is 21.5. The predicted molar refractivity (Wildman–Crippen MR) is 118 cm³/mol. The largest absolute Gasteiger partial charge is 0.334 e. The summed E-state index contributed by atoms with van der Waals surface area (Å²) in [6, 6.07) is 12.3. The first kappa shape index (κ1) is 20.9. The van der Waals surface area contributed by atoms with E-state index in [0.29, 0.717) is 13.1 Å². The van der Waals surface area contributed by atoms with Gasteiger partial charge in [-0.05, 0) is 50.1 Å². The molecule has 1 fully saturated rings. The highest BCUT2D eigenvalue weighted by molar-refractivity contribution is 7.91. The summed E-state index contributed by atoms with van der Waals surface area (Å²) in [6.45, 7) is 4.82. The Balaban J connectivity index is 1.65. The number of halogens is 1. The molecule has 0 spiro atoms. The maximum absolute atomic E-state index is 13.3. The smallest absolute Gasteiger partial charge is 0.255 e. The number of imidazole rings is 1. The summed E-state index contributed by atoms with van der Waals surface area (Å²) in [5.41, 5.74) is 2.22. The Labute approximate surface area is 181 Å². The highest BCUT2D eigenvalue weighted by Crippen LogP contribution is 2.28. The van der Waals surface area contributed by atoms with E-state index in [2.05, 4.69) is 9.55 Å². The fourth-order valence-corrected chi connectivity index (χ4v) is 5.22. The van der Waals surface area contributed by atoms with Crippen LogP contribution in [0.3, 0.4) is 0 Å². The fraction of sp³-hybridized carbons (Fsp3) is 0.364. The van der Waals surface area contributed by atoms with E-state index < -0.39 is 9.84 Å². The van der Waals surface area contributed by atoms with E-state index >= 15 is 0 Å². The molecule has 1 aliphatic heterocycles. The quantitative estimate of drug-likeness (QED) is 0.592. The van der Waals surface area contributed by atoms with Crippen LogP contribution in [0.2, 0.25) is 5.02 Å². The van der Waals surface area contributed by atoms with Crippen LogP contribution in [0.1, 0.15) is 35.9 Å². The number of carbonyl (C=O) groups excluding carboxylic acids is 1. The number of fused-ring (bicyclic) bond motifs is 1. The van der Waals surface area contributed by atoms with Crippen molar-refractivity contribution in [1.29, 1.82) is 0 Å². The van der Waals surface area contributed by atoms with Crippen molar-refractivity contribution in [1.82, 2.24) is 14.5 Å². The second kappa shape index (κ2) is 8.04. The molecule has 1 unspecified atom stereocenters. The van der Waals surface area contributed by atoms with Crippen molar-refractivity contribution in [2.45, 2.75) is 44.2 Å². The minimum absolute atomic E-state index is 0.00342. The molecular weight excluding hydrogens is 422 g/mol. The van der Waals surface area contributed by atoms with Crippen LogP contribution in [-0.2, 0) is 16.4 Å². The Morgan fingerprint density at radius 2 is 2.00 bits per heavy atom. The van der Waals surface area contributed by atoms with Crippen LogP contribution in [0.15, 0.2) is 47.4 Å². The molecule has 0 bridgehead atoms. The molecule has 2 heterocycles. The van der Waals surface area contributed by atoms with Gasteiger partial charge >= 0.3 is 0 Å². The predicted octanol–water partition coefficient (Wildman–Crippen LogP) is 4.10. The summed E-state index contributed by atoms with van der Waals surface area (Å²) in [5.74, 6) is 0.656. The third kappa shape index (κ3) is 3.72. The Hall–Kier alpha value is -2.38. The molecule has 0 saturated carbocycles. The number of likely N-dealkylation sites (tertiary alicyclic amines) is 1. The number of benzene rings is 2. The van der Waals surface area contributed by atoms with Crippen LogP contribution >= 0.6 is 11.6 Å². The molecule has 4 rings (SSSR count). The molecule has 1 saturated heterocycles. The first-order chi connectivity index (χ1) is 14.3. The van der Waals surface area contributed by atoms with E-state index in [1.54, 1.807) is 6.92 Å². The normalized spacial score (nSPS) is 17.0. The molecule has 0 radical (unpaired) electrons. The molecule has 1 atom stereocenters. The van der Waals surface area contributed by atoms with Crippen LogP contribution in [-0.4, -0.2) is 47.1 Å². The maximum atomic E-state index is 13.3. The Morgan fingerprint density at radius 3 is 2.77 bits per heavy atom. The lowest BCUT2D eigenvalue weighted by molar-refractivity contribution is 0.0724. The molecule has 158 valence electrons. The van der Waals surface area contributed by atoms with Crippen LogP contribution in [0, 0.1) is 6.92 Å². The van der Waals surface area contributed by atoms with Crippen LogP contribution in [0.5, 0.6) is 0 Å². The summed E-state index contributed by atoms with van der Waals surface area (Å²) in [4.78, 5) is 19.9. The molecule has 30 heavy (non-hydrogen) atoms. The van der Waals surface area contributed by atoms with Crippen molar-refractivity contribution in [3.8, 4) is 0 Å². The molecule has 6 nitrogen and oxygen atoms in total. The maximum Gasteiger partial charge on any atom is 0.255 e. The van der Waals surface area contributed by atoms with Gasteiger partial charge in [-0.3, -0.25) is 4.79 Å². The van der Waals surface area contributed by atoms with Gasteiger partial charge < -0.3 is 9.47 Å². The zero-order valence-electron chi connectivity index (χ0n) is 17.0. The molecular formula is C22H24ClN3O3S. The highest BCUT2D eigenvalue weighted by atomic mass is 35.5. The molecule has 1 amide bonds. The van der Waals surface area contributed by atoms with Gasteiger partial charge in [0.25, 0.3) is 5.91 Å². The van der Waals surface area contributed by atoms with Gasteiger partial charge in [0, 0.05) is 13.1 Å². The molecule has 1 aliphatic rings.